The molecule has 6 heteroatoms. The molecular weight excluding hydrogens is 398 g/mol. The number of hydrogen-bond donors (Lipinski definition) is 2. The Balaban J connectivity index is 1.49. The van der Waals surface area contributed by atoms with Crippen LogP contribution < -0.4 is 10.6 Å². The number of rotatable bonds is 7. The molecule has 0 saturated carbocycles. The minimum atomic E-state index is -0.229. The van der Waals surface area contributed by atoms with Crippen LogP contribution in [0.2, 0.25) is 5.02 Å². The summed E-state index contributed by atoms with van der Waals surface area (Å²) in [4.78, 5) is 17.4. The maximum absolute atomic E-state index is 12.8. The minimum Gasteiger partial charge on any atom is -0.464 e. The number of hydrogen-bond acceptors (Lipinski definition) is 4. The average molecular weight is 420 g/mol. The Labute approximate surface area is 180 Å². The smallest absolute Gasteiger partial charge is 0.270 e. The van der Waals surface area contributed by atoms with E-state index in [9.17, 15) is 4.79 Å². The molecule has 1 amide bonds. The molecule has 2 heterocycles. The highest BCUT2D eigenvalue weighted by molar-refractivity contribution is 6.30. The summed E-state index contributed by atoms with van der Waals surface area (Å²) in [6, 6.07) is 21.0. The third-order valence-corrected chi connectivity index (χ3v) is 5.13. The zero-order valence-electron chi connectivity index (χ0n) is 16.6. The van der Waals surface area contributed by atoms with E-state index in [4.69, 9.17) is 16.0 Å². The van der Waals surface area contributed by atoms with Crippen LogP contribution in [0.25, 0.3) is 11.0 Å². The molecule has 0 saturated heterocycles. The first kappa shape index (κ1) is 20.0. The van der Waals surface area contributed by atoms with Crippen LogP contribution in [0.15, 0.2) is 77.4 Å². The summed E-state index contributed by atoms with van der Waals surface area (Å²) in [5.74, 6) is 0.332. The second-order valence-corrected chi connectivity index (χ2v) is 7.66. The van der Waals surface area contributed by atoms with Crippen molar-refractivity contribution >= 4 is 40.0 Å². The molecule has 0 aliphatic carbocycles. The molecule has 0 bridgehead atoms. The molecule has 0 fully saturated rings. The number of furan rings is 1. The van der Waals surface area contributed by atoms with Gasteiger partial charge in [0.05, 0.1) is 11.6 Å². The number of carbonyl (C=O) groups excluding carboxylic acids is 1. The van der Waals surface area contributed by atoms with Crippen molar-refractivity contribution in [2.24, 2.45) is 0 Å². The van der Waals surface area contributed by atoms with E-state index in [0.29, 0.717) is 22.1 Å². The largest absolute Gasteiger partial charge is 0.464 e. The van der Waals surface area contributed by atoms with Gasteiger partial charge in [0.25, 0.3) is 5.91 Å². The molecule has 0 unspecified atom stereocenters. The molecule has 0 radical (unpaired) electrons. The Morgan fingerprint density at radius 1 is 1.10 bits per heavy atom. The van der Waals surface area contributed by atoms with E-state index < -0.39 is 0 Å². The van der Waals surface area contributed by atoms with Crippen molar-refractivity contribution < 1.29 is 9.21 Å². The summed E-state index contributed by atoms with van der Waals surface area (Å²) in [6.45, 7) is 2.00. The molecule has 152 valence electrons. The van der Waals surface area contributed by atoms with Crippen LogP contribution in [0.4, 0.5) is 11.5 Å². The topological polar surface area (TPSA) is 67.2 Å². The lowest BCUT2D eigenvalue weighted by Gasteiger charge is -2.14. The summed E-state index contributed by atoms with van der Waals surface area (Å²) in [6.07, 6.45) is 3.33. The number of nitrogens with one attached hydrogen (secondary N) is 2. The molecule has 30 heavy (non-hydrogen) atoms. The zero-order chi connectivity index (χ0) is 20.9. The van der Waals surface area contributed by atoms with Crippen LogP contribution in [-0.2, 0) is 6.42 Å². The molecule has 0 aliphatic rings. The Kier molecular flexibility index (Phi) is 6.00. The number of fused-ring (bicyclic) bond motifs is 1. The number of aryl methyl sites for hydroxylation is 1. The highest BCUT2D eigenvalue weighted by atomic mass is 35.5. The first-order chi connectivity index (χ1) is 14.6. The lowest BCUT2D eigenvalue weighted by molar-refractivity contribution is 0.0933. The lowest BCUT2D eigenvalue weighted by Crippen LogP contribution is -2.33. The summed E-state index contributed by atoms with van der Waals surface area (Å²) in [5, 5.41) is 7.74. The van der Waals surface area contributed by atoms with Crippen molar-refractivity contribution in [1.82, 2.24) is 10.3 Å². The van der Waals surface area contributed by atoms with Gasteiger partial charge in [-0.25, -0.2) is 4.98 Å². The molecule has 4 rings (SSSR count). The Hall–Kier alpha value is -3.31. The van der Waals surface area contributed by atoms with Crippen molar-refractivity contribution in [2.75, 3.05) is 5.32 Å². The summed E-state index contributed by atoms with van der Waals surface area (Å²) < 4.78 is 5.54. The molecule has 4 aromatic rings. The molecule has 1 atom stereocenters. The first-order valence-electron chi connectivity index (χ1n) is 9.84. The number of aromatic nitrogens is 1. The highest BCUT2D eigenvalue weighted by Gasteiger charge is 2.16. The van der Waals surface area contributed by atoms with Crippen molar-refractivity contribution in [2.45, 2.75) is 25.8 Å². The van der Waals surface area contributed by atoms with Crippen LogP contribution in [0.5, 0.6) is 0 Å². The Bertz CT molecular complexity index is 1140. The fourth-order valence-electron chi connectivity index (χ4n) is 3.24. The van der Waals surface area contributed by atoms with Gasteiger partial charge in [-0.2, -0.15) is 0 Å². The van der Waals surface area contributed by atoms with Crippen LogP contribution in [0.3, 0.4) is 0 Å². The monoisotopic (exact) mass is 419 g/mol. The molecule has 2 aromatic carbocycles. The number of anilines is 2. The van der Waals surface area contributed by atoms with E-state index in [0.717, 1.165) is 23.9 Å². The van der Waals surface area contributed by atoms with Crippen molar-refractivity contribution in [3.8, 4) is 0 Å². The predicted molar refractivity (Wildman–Crippen MR) is 120 cm³/mol. The van der Waals surface area contributed by atoms with Gasteiger partial charge < -0.3 is 15.1 Å². The second kappa shape index (κ2) is 9.01. The first-order valence-corrected chi connectivity index (χ1v) is 10.2. The Morgan fingerprint density at radius 2 is 1.87 bits per heavy atom. The van der Waals surface area contributed by atoms with E-state index in [2.05, 4.69) is 27.8 Å². The number of nitrogens with zero attached hydrogens (tertiary/aromatic N) is 1. The van der Waals surface area contributed by atoms with Crippen LogP contribution in [0, 0.1) is 0 Å². The molecule has 0 spiro atoms. The molecule has 5 nitrogen and oxygen atoms in total. The number of amides is 1. The van der Waals surface area contributed by atoms with Gasteiger partial charge in [-0.3, -0.25) is 4.79 Å². The lowest BCUT2D eigenvalue weighted by atomic mass is 10.1. The van der Waals surface area contributed by atoms with E-state index in [1.807, 2.05) is 43.3 Å². The predicted octanol–water partition coefficient (Wildman–Crippen LogP) is 5.98. The average Bonchev–Trinajstić information content (AvgIpc) is 3.24. The van der Waals surface area contributed by atoms with Gasteiger partial charge in [0.15, 0.2) is 0 Å². The summed E-state index contributed by atoms with van der Waals surface area (Å²) in [7, 11) is 0. The fraction of sp³-hybridized carbons (Fsp3) is 0.167. The number of pyridine rings is 1. The summed E-state index contributed by atoms with van der Waals surface area (Å²) in [5.41, 5.74) is 2.98. The van der Waals surface area contributed by atoms with E-state index in [1.54, 1.807) is 24.5 Å². The zero-order valence-corrected chi connectivity index (χ0v) is 17.3. The number of benzene rings is 2. The Morgan fingerprint density at radius 3 is 2.63 bits per heavy atom. The summed E-state index contributed by atoms with van der Waals surface area (Å²) >= 11 is 5.96. The van der Waals surface area contributed by atoms with Crippen LogP contribution in [0.1, 0.15) is 29.4 Å². The van der Waals surface area contributed by atoms with Crippen molar-refractivity contribution in [3.63, 3.8) is 0 Å². The SMILES string of the molecule is C[C@@H](CCc1ccccc1)NC(=O)c1cc2occc2c(Nc2ccc(Cl)cc2)n1. The third-order valence-electron chi connectivity index (χ3n) is 4.88. The van der Waals surface area contributed by atoms with Gasteiger partial charge >= 0.3 is 0 Å². The maximum Gasteiger partial charge on any atom is 0.270 e. The van der Waals surface area contributed by atoms with Crippen LogP contribution >= 0.6 is 11.6 Å². The molecule has 0 aliphatic heterocycles. The van der Waals surface area contributed by atoms with E-state index in [1.165, 1.54) is 5.56 Å². The number of carbonyl (C=O) groups is 1. The van der Waals surface area contributed by atoms with Gasteiger partial charge in [0.1, 0.15) is 17.1 Å². The second-order valence-electron chi connectivity index (χ2n) is 7.22. The standard InChI is InChI=1S/C24H22ClN3O2/c1-16(7-8-17-5-3-2-4-6-17)26-24(29)21-15-22-20(13-14-30-22)23(28-21)27-19-11-9-18(25)10-12-19/h2-6,9-16H,7-8H2,1H3,(H,26,29)(H,27,28)/t16-/m0/s1. The van der Waals surface area contributed by atoms with E-state index >= 15 is 0 Å². The van der Waals surface area contributed by atoms with Gasteiger partial charge in [-0.15, -0.1) is 0 Å². The van der Waals surface area contributed by atoms with Gasteiger partial charge in [0.2, 0.25) is 0 Å². The quantitative estimate of drug-likeness (QED) is 0.387. The minimum absolute atomic E-state index is 0.0134. The maximum atomic E-state index is 12.8. The normalized spacial score (nSPS) is 11.9. The third kappa shape index (κ3) is 4.81. The molecule has 2 aromatic heterocycles. The van der Waals surface area contributed by atoms with Crippen molar-refractivity contribution in [1.29, 1.82) is 0 Å². The van der Waals surface area contributed by atoms with E-state index in [-0.39, 0.29) is 11.9 Å². The van der Waals surface area contributed by atoms with Gasteiger partial charge in [-0.05, 0) is 55.7 Å². The highest BCUT2D eigenvalue weighted by Crippen LogP contribution is 2.27. The fourth-order valence-corrected chi connectivity index (χ4v) is 3.37. The molecular formula is C24H22ClN3O2. The van der Waals surface area contributed by atoms with Crippen molar-refractivity contribution in [3.05, 3.63) is 89.3 Å². The van der Waals surface area contributed by atoms with Gasteiger partial charge in [-0.1, -0.05) is 41.9 Å². The number of halogens is 1. The molecule has 2 N–H and O–H groups in total. The van der Waals surface area contributed by atoms with Crippen LogP contribution in [-0.4, -0.2) is 16.9 Å². The van der Waals surface area contributed by atoms with Gasteiger partial charge in [0, 0.05) is 22.8 Å².